The number of nitrogens with zero attached hydrogens (tertiary/aromatic N) is 3. The summed E-state index contributed by atoms with van der Waals surface area (Å²) in [5.41, 5.74) is -0.0149. The summed E-state index contributed by atoms with van der Waals surface area (Å²) in [5.74, 6) is 3.37. The quantitative estimate of drug-likeness (QED) is 0.344. The van der Waals surface area contributed by atoms with Gasteiger partial charge < -0.3 is 15.1 Å². The molecule has 7 heteroatoms. The molecule has 2 aliphatic carbocycles. The van der Waals surface area contributed by atoms with Gasteiger partial charge in [-0.25, -0.2) is 4.98 Å². The van der Waals surface area contributed by atoms with Crippen molar-refractivity contribution in [2.24, 2.45) is 10.9 Å². The summed E-state index contributed by atoms with van der Waals surface area (Å²) in [6, 6.07) is 0.834. The predicted molar refractivity (Wildman–Crippen MR) is 116 cm³/mol. The second-order valence-corrected chi connectivity index (χ2v) is 8.39. The molecular formula is C19H34IN5O. The molecule has 1 aromatic heterocycles. The van der Waals surface area contributed by atoms with E-state index in [0.717, 1.165) is 36.8 Å². The van der Waals surface area contributed by atoms with Gasteiger partial charge in [-0.05, 0) is 31.6 Å². The highest BCUT2D eigenvalue weighted by atomic mass is 127. The Labute approximate surface area is 174 Å². The highest BCUT2D eigenvalue weighted by molar-refractivity contribution is 14.0. The van der Waals surface area contributed by atoms with Gasteiger partial charge in [0, 0.05) is 38.1 Å². The molecule has 2 aliphatic rings. The summed E-state index contributed by atoms with van der Waals surface area (Å²) in [4.78, 5) is 11.3. The molecule has 0 unspecified atom stereocenters. The Kier molecular flexibility index (Phi) is 7.76. The second kappa shape index (κ2) is 9.39. The molecule has 0 radical (unpaired) electrons. The molecule has 0 spiro atoms. The molecular weight excluding hydrogens is 441 g/mol. The summed E-state index contributed by atoms with van der Waals surface area (Å²) < 4.78 is 5.81. The van der Waals surface area contributed by atoms with Gasteiger partial charge in [0.2, 0.25) is 5.89 Å². The highest BCUT2D eigenvalue weighted by Crippen LogP contribution is 2.34. The van der Waals surface area contributed by atoms with Crippen molar-refractivity contribution in [1.29, 1.82) is 0 Å². The van der Waals surface area contributed by atoms with Crippen LogP contribution in [0.1, 0.15) is 58.1 Å². The zero-order valence-corrected chi connectivity index (χ0v) is 18.9. The van der Waals surface area contributed by atoms with E-state index >= 15 is 0 Å². The van der Waals surface area contributed by atoms with Crippen LogP contribution in [0.25, 0.3) is 0 Å². The van der Waals surface area contributed by atoms with E-state index in [4.69, 9.17) is 4.42 Å². The topological polar surface area (TPSA) is 65.7 Å². The molecule has 0 aliphatic heterocycles. The van der Waals surface area contributed by atoms with Crippen LogP contribution in [0.4, 0.5) is 0 Å². The molecule has 3 rings (SSSR count). The number of halogens is 1. The smallest absolute Gasteiger partial charge is 0.213 e. The van der Waals surface area contributed by atoms with Crippen LogP contribution in [-0.2, 0) is 12.0 Å². The van der Waals surface area contributed by atoms with Gasteiger partial charge in [-0.2, -0.15) is 0 Å². The third kappa shape index (κ3) is 6.72. The summed E-state index contributed by atoms with van der Waals surface area (Å²) in [5, 5.41) is 6.70. The van der Waals surface area contributed by atoms with Gasteiger partial charge in [-0.1, -0.05) is 20.8 Å². The standard InChI is InChI=1S/C19H33N5O.HI/c1-19(2,3)16-11-22-17(25-16)12-23-18(20-4)21-9-10-24(15-7-8-15)13-14-5-6-14;/h11,14-15H,5-10,12-13H2,1-4H3,(H2,20,21,23);1H. The van der Waals surface area contributed by atoms with Crippen molar-refractivity contribution in [3.63, 3.8) is 0 Å². The minimum absolute atomic E-state index is 0. The Balaban J connectivity index is 0.00000243. The first-order chi connectivity index (χ1) is 12.0. The summed E-state index contributed by atoms with van der Waals surface area (Å²) in [7, 11) is 1.80. The number of guanidine groups is 1. The Morgan fingerprint density at radius 1 is 1.27 bits per heavy atom. The molecule has 26 heavy (non-hydrogen) atoms. The van der Waals surface area contributed by atoms with Crippen molar-refractivity contribution in [2.75, 3.05) is 26.7 Å². The normalized spacial score (nSPS) is 18.0. The third-order valence-electron chi connectivity index (χ3n) is 4.87. The average Bonchev–Trinajstić information content (AvgIpc) is 3.48. The number of aromatic nitrogens is 1. The number of nitrogens with one attached hydrogen (secondary N) is 2. The van der Waals surface area contributed by atoms with E-state index in [9.17, 15) is 0 Å². The Morgan fingerprint density at radius 3 is 2.54 bits per heavy atom. The Bertz CT molecular complexity index is 587. The molecule has 2 N–H and O–H groups in total. The van der Waals surface area contributed by atoms with E-state index in [1.165, 1.54) is 32.2 Å². The molecule has 1 heterocycles. The lowest BCUT2D eigenvalue weighted by molar-refractivity contribution is 0.256. The molecule has 1 aromatic rings. The fraction of sp³-hybridized carbons (Fsp3) is 0.789. The summed E-state index contributed by atoms with van der Waals surface area (Å²) in [6.07, 6.45) is 7.41. The number of hydrogen-bond donors (Lipinski definition) is 2. The van der Waals surface area contributed by atoms with Crippen LogP contribution in [0, 0.1) is 5.92 Å². The van der Waals surface area contributed by atoms with Crippen LogP contribution in [-0.4, -0.2) is 48.6 Å². The molecule has 2 saturated carbocycles. The fourth-order valence-corrected chi connectivity index (χ4v) is 2.93. The van der Waals surface area contributed by atoms with Gasteiger partial charge >= 0.3 is 0 Å². The van der Waals surface area contributed by atoms with Crippen molar-refractivity contribution < 1.29 is 4.42 Å². The SMILES string of the molecule is CN=C(NCCN(CC1CC1)C1CC1)NCc1ncc(C(C)(C)C)o1.I. The lowest BCUT2D eigenvalue weighted by atomic mass is 9.94. The van der Waals surface area contributed by atoms with Crippen molar-refractivity contribution in [3.05, 3.63) is 17.8 Å². The number of oxazole rings is 1. The molecule has 0 amide bonds. The molecule has 0 aromatic carbocycles. The maximum Gasteiger partial charge on any atom is 0.213 e. The molecule has 0 saturated heterocycles. The van der Waals surface area contributed by atoms with E-state index in [0.29, 0.717) is 12.4 Å². The predicted octanol–water partition coefficient (Wildman–Crippen LogP) is 3.13. The monoisotopic (exact) mass is 475 g/mol. The number of aliphatic imine (C=N–C) groups is 1. The molecule has 0 atom stereocenters. The minimum Gasteiger partial charge on any atom is -0.443 e. The number of rotatable bonds is 8. The minimum atomic E-state index is -0.0149. The lowest BCUT2D eigenvalue weighted by Gasteiger charge is -2.22. The van der Waals surface area contributed by atoms with Gasteiger partial charge in [0.05, 0.1) is 12.7 Å². The first-order valence-corrected chi connectivity index (χ1v) is 9.59. The van der Waals surface area contributed by atoms with Crippen LogP contribution in [0.15, 0.2) is 15.6 Å². The average molecular weight is 475 g/mol. The highest BCUT2D eigenvalue weighted by Gasteiger charge is 2.33. The lowest BCUT2D eigenvalue weighted by Crippen LogP contribution is -2.42. The summed E-state index contributed by atoms with van der Waals surface area (Å²) in [6.45, 7) is 10.2. The third-order valence-corrected chi connectivity index (χ3v) is 4.87. The van der Waals surface area contributed by atoms with E-state index in [1.54, 1.807) is 7.05 Å². The van der Waals surface area contributed by atoms with E-state index in [2.05, 4.69) is 46.3 Å². The zero-order valence-electron chi connectivity index (χ0n) is 16.5. The van der Waals surface area contributed by atoms with Crippen molar-refractivity contribution in [3.8, 4) is 0 Å². The van der Waals surface area contributed by atoms with Crippen molar-refractivity contribution in [2.45, 2.75) is 64.5 Å². The molecule has 0 bridgehead atoms. The van der Waals surface area contributed by atoms with Gasteiger partial charge in [-0.3, -0.25) is 9.89 Å². The van der Waals surface area contributed by atoms with E-state index < -0.39 is 0 Å². The van der Waals surface area contributed by atoms with Gasteiger partial charge in [0.15, 0.2) is 5.96 Å². The van der Waals surface area contributed by atoms with Crippen LogP contribution in [0.3, 0.4) is 0 Å². The van der Waals surface area contributed by atoms with Crippen LogP contribution in [0.5, 0.6) is 0 Å². The van der Waals surface area contributed by atoms with Crippen LogP contribution < -0.4 is 10.6 Å². The first kappa shape index (κ1) is 21.5. The first-order valence-electron chi connectivity index (χ1n) is 9.59. The van der Waals surface area contributed by atoms with E-state index in [-0.39, 0.29) is 29.4 Å². The zero-order chi connectivity index (χ0) is 17.9. The van der Waals surface area contributed by atoms with Gasteiger partial charge in [-0.15, -0.1) is 24.0 Å². The Morgan fingerprint density at radius 2 is 2.00 bits per heavy atom. The van der Waals surface area contributed by atoms with Gasteiger partial charge in [0.1, 0.15) is 5.76 Å². The Hall–Kier alpha value is -0.830. The largest absolute Gasteiger partial charge is 0.443 e. The number of hydrogen-bond acceptors (Lipinski definition) is 4. The van der Waals surface area contributed by atoms with Crippen molar-refractivity contribution in [1.82, 2.24) is 20.5 Å². The maximum atomic E-state index is 5.81. The van der Waals surface area contributed by atoms with Crippen molar-refractivity contribution >= 4 is 29.9 Å². The molecule has 148 valence electrons. The summed E-state index contributed by atoms with van der Waals surface area (Å²) >= 11 is 0. The fourth-order valence-electron chi connectivity index (χ4n) is 2.93. The van der Waals surface area contributed by atoms with Crippen LogP contribution >= 0.6 is 24.0 Å². The van der Waals surface area contributed by atoms with Gasteiger partial charge in [0.25, 0.3) is 0 Å². The molecule has 2 fully saturated rings. The van der Waals surface area contributed by atoms with E-state index in [1.807, 2.05) is 6.20 Å². The molecule has 6 nitrogen and oxygen atoms in total. The van der Waals surface area contributed by atoms with Crippen LogP contribution in [0.2, 0.25) is 0 Å². The maximum absolute atomic E-state index is 5.81. The second-order valence-electron chi connectivity index (χ2n) is 8.39.